The van der Waals surface area contributed by atoms with Gasteiger partial charge in [0.1, 0.15) is 0 Å². The standard InChI is InChI=1S/C14H23N3O/c1-3-5-6-11(4-2)10-18-14-9-12(15)7-8-13(14)17-16/h7-9,11,16H,3-6,10,15H2,1-2H3/p+1. The third kappa shape index (κ3) is 4.35. The van der Waals surface area contributed by atoms with Crippen LogP contribution in [0, 0.1) is 5.92 Å². The zero-order valence-corrected chi connectivity index (χ0v) is 11.4. The molecule has 0 bridgehead atoms. The summed E-state index contributed by atoms with van der Waals surface area (Å²) < 4.78 is 5.81. The highest BCUT2D eigenvalue weighted by Crippen LogP contribution is 2.29. The van der Waals surface area contributed by atoms with Gasteiger partial charge in [-0.3, -0.25) is 0 Å². The molecule has 0 aromatic heterocycles. The molecule has 4 nitrogen and oxygen atoms in total. The molecule has 0 saturated heterocycles. The molecule has 4 N–H and O–H groups in total. The molecular weight excluding hydrogens is 226 g/mol. The number of rotatable bonds is 8. The third-order valence-corrected chi connectivity index (χ3v) is 3.14. The number of benzene rings is 1. The minimum Gasteiger partial charge on any atom is -0.491 e. The summed E-state index contributed by atoms with van der Waals surface area (Å²) in [5, 5.41) is 3.70. The molecular formula is C14H24N3O+. The van der Waals surface area contributed by atoms with E-state index in [0.29, 0.717) is 29.6 Å². The van der Waals surface area contributed by atoms with Crippen molar-refractivity contribution < 1.29 is 10.3 Å². The molecule has 0 amide bonds. The lowest BCUT2D eigenvalue weighted by molar-refractivity contribution is -0.210. The molecule has 0 saturated carbocycles. The van der Waals surface area contributed by atoms with Crippen molar-refractivity contribution in [3.63, 3.8) is 0 Å². The van der Waals surface area contributed by atoms with Gasteiger partial charge in [0.05, 0.1) is 6.61 Å². The van der Waals surface area contributed by atoms with Gasteiger partial charge in [0.2, 0.25) is 0 Å². The fraction of sp³-hybridized carbons (Fsp3) is 0.571. The molecule has 0 aliphatic carbocycles. The number of hydrogen-bond donors (Lipinski definition) is 2. The summed E-state index contributed by atoms with van der Waals surface area (Å²) in [6.07, 6.45) is 4.78. The number of ether oxygens (including phenoxy) is 1. The molecule has 18 heavy (non-hydrogen) atoms. The van der Waals surface area contributed by atoms with Crippen molar-refractivity contribution in [3.8, 4) is 5.75 Å². The Morgan fingerprint density at radius 1 is 1.39 bits per heavy atom. The molecule has 100 valence electrons. The van der Waals surface area contributed by atoms with Crippen molar-refractivity contribution in [2.75, 3.05) is 12.3 Å². The van der Waals surface area contributed by atoms with E-state index in [1.807, 2.05) is 0 Å². The molecule has 0 radical (unpaired) electrons. The maximum Gasteiger partial charge on any atom is 0.171 e. The summed E-state index contributed by atoms with van der Waals surface area (Å²) in [7, 11) is 0. The van der Waals surface area contributed by atoms with E-state index in [-0.39, 0.29) is 0 Å². The minimum atomic E-state index is 0.581. The van der Waals surface area contributed by atoms with Gasteiger partial charge in [-0.05, 0) is 29.6 Å². The van der Waals surface area contributed by atoms with Gasteiger partial charge in [-0.25, -0.2) is 0 Å². The fourth-order valence-corrected chi connectivity index (χ4v) is 1.86. The second kappa shape index (κ2) is 7.69. The van der Waals surface area contributed by atoms with E-state index in [1.165, 1.54) is 19.3 Å². The molecule has 1 atom stereocenters. The first-order valence-corrected chi connectivity index (χ1v) is 6.64. The first-order chi connectivity index (χ1) is 8.71. The summed E-state index contributed by atoms with van der Waals surface area (Å²) in [4.78, 5) is 0. The van der Waals surface area contributed by atoms with Crippen LogP contribution in [0.4, 0.5) is 11.4 Å². The third-order valence-electron chi connectivity index (χ3n) is 3.14. The summed E-state index contributed by atoms with van der Waals surface area (Å²) in [6, 6.07) is 5.32. The van der Waals surface area contributed by atoms with Gasteiger partial charge in [-0.1, -0.05) is 33.1 Å². The van der Waals surface area contributed by atoms with Crippen LogP contribution in [-0.2, 0) is 0 Å². The smallest absolute Gasteiger partial charge is 0.171 e. The Balaban J connectivity index is 2.60. The minimum absolute atomic E-state index is 0.581. The van der Waals surface area contributed by atoms with Gasteiger partial charge in [-0.15, -0.1) is 0 Å². The molecule has 0 spiro atoms. The molecule has 0 fully saturated rings. The lowest BCUT2D eigenvalue weighted by Gasteiger charge is -2.16. The van der Waals surface area contributed by atoms with Gasteiger partial charge in [0, 0.05) is 11.8 Å². The number of nitrogen functional groups attached to an aromatic ring is 1. The highest BCUT2D eigenvalue weighted by atomic mass is 16.5. The van der Waals surface area contributed by atoms with Crippen molar-refractivity contribution in [2.24, 2.45) is 11.0 Å². The predicted molar refractivity (Wildman–Crippen MR) is 73.7 cm³/mol. The van der Waals surface area contributed by atoms with Crippen LogP contribution in [0.5, 0.6) is 5.75 Å². The van der Waals surface area contributed by atoms with Gasteiger partial charge >= 0.3 is 0 Å². The Bertz CT molecular complexity index is 379. The van der Waals surface area contributed by atoms with E-state index in [1.54, 1.807) is 18.2 Å². The van der Waals surface area contributed by atoms with Gasteiger partial charge in [0.15, 0.2) is 11.4 Å². The predicted octanol–water partition coefficient (Wildman–Crippen LogP) is 2.71. The average molecular weight is 250 g/mol. The highest BCUT2D eigenvalue weighted by Gasteiger charge is 2.10. The fourth-order valence-electron chi connectivity index (χ4n) is 1.86. The summed E-state index contributed by atoms with van der Waals surface area (Å²) in [5.41, 5.74) is 12.4. The second-order valence-electron chi connectivity index (χ2n) is 4.58. The van der Waals surface area contributed by atoms with Gasteiger partial charge < -0.3 is 10.5 Å². The van der Waals surface area contributed by atoms with Crippen molar-refractivity contribution in [3.05, 3.63) is 18.2 Å². The maximum absolute atomic E-state index is 5.81. The van der Waals surface area contributed by atoms with Crippen molar-refractivity contribution >= 4 is 11.4 Å². The number of hydrogen-bond acceptors (Lipinski definition) is 3. The van der Waals surface area contributed by atoms with Crippen molar-refractivity contribution in [1.82, 2.24) is 0 Å². The normalized spacial score (nSPS) is 12.1. The van der Waals surface area contributed by atoms with Crippen LogP contribution in [0.15, 0.2) is 23.3 Å². The number of nitrogens with two attached hydrogens (primary N) is 2. The van der Waals surface area contributed by atoms with E-state index >= 15 is 0 Å². The van der Waals surface area contributed by atoms with Crippen LogP contribution in [-0.4, -0.2) is 6.61 Å². The molecule has 1 rings (SSSR count). The topological polar surface area (TPSA) is 73.2 Å². The van der Waals surface area contributed by atoms with Crippen LogP contribution in [0.25, 0.3) is 0 Å². The Morgan fingerprint density at radius 3 is 2.78 bits per heavy atom. The zero-order valence-electron chi connectivity index (χ0n) is 11.4. The molecule has 0 aliphatic rings. The maximum atomic E-state index is 5.81. The zero-order chi connectivity index (χ0) is 13.4. The monoisotopic (exact) mass is 250 g/mol. The van der Waals surface area contributed by atoms with E-state index in [2.05, 4.69) is 19.0 Å². The lowest BCUT2D eigenvalue weighted by atomic mass is 10.0. The van der Waals surface area contributed by atoms with Crippen LogP contribution < -0.4 is 16.0 Å². The number of unbranched alkanes of at least 4 members (excludes halogenated alkanes) is 1. The molecule has 1 aromatic rings. The Hall–Kier alpha value is -1.58. The Kier molecular flexibility index (Phi) is 6.19. The van der Waals surface area contributed by atoms with Gasteiger partial charge in [0.25, 0.3) is 0 Å². The van der Waals surface area contributed by atoms with Crippen LogP contribution in [0.1, 0.15) is 39.5 Å². The Labute approximate surface area is 109 Å². The first kappa shape index (κ1) is 14.5. The lowest BCUT2D eigenvalue weighted by Crippen LogP contribution is -2.22. The molecule has 0 aliphatic heterocycles. The highest BCUT2D eigenvalue weighted by molar-refractivity contribution is 5.58. The first-order valence-electron chi connectivity index (χ1n) is 6.64. The molecule has 1 aromatic carbocycles. The molecule has 0 heterocycles. The van der Waals surface area contributed by atoms with Crippen LogP contribution in [0.3, 0.4) is 0 Å². The van der Waals surface area contributed by atoms with Crippen LogP contribution >= 0.6 is 0 Å². The quantitative estimate of drug-likeness (QED) is 0.550. The van der Waals surface area contributed by atoms with E-state index < -0.39 is 0 Å². The summed E-state index contributed by atoms with van der Waals surface area (Å²) in [6.45, 7) is 5.09. The SMILES string of the molecule is CCCCC(CC)COc1cc(N)ccc1N=[NH2+]. The number of nitrogens with zero attached hydrogens (tertiary/aromatic N) is 1. The Morgan fingerprint density at radius 2 is 2.17 bits per heavy atom. The van der Waals surface area contributed by atoms with Crippen LogP contribution in [0.2, 0.25) is 0 Å². The molecule has 4 heteroatoms. The van der Waals surface area contributed by atoms with E-state index in [4.69, 9.17) is 16.0 Å². The largest absolute Gasteiger partial charge is 0.491 e. The summed E-state index contributed by atoms with van der Waals surface area (Å²) in [5.74, 6) is 1.25. The van der Waals surface area contributed by atoms with E-state index in [9.17, 15) is 0 Å². The van der Waals surface area contributed by atoms with Gasteiger partial charge in [-0.2, -0.15) is 5.53 Å². The summed E-state index contributed by atoms with van der Waals surface area (Å²) >= 11 is 0. The van der Waals surface area contributed by atoms with Crippen molar-refractivity contribution in [1.29, 1.82) is 0 Å². The van der Waals surface area contributed by atoms with Crippen molar-refractivity contribution in [2.45, 2.75) is 39.5 Å². The van der Waals surface area contributed by atoms with E-state index in [0.717, 1.165) is 6.42 Å². The average Bonchev–Trinajstić information content (AvgIpc) is 2.39. The number of anilines is 1. The molecule has 1 unspecified atom stereocenters. The second-order valence-corrected chi connectivity index (χ2v) is 4.58.